The molecule has 2 aromatic heterocycles. The van der Waals surface area contributed by atoms with Gasteiger partial charge in [-0.3, -0.25) is 0 Å². The number of hydrogen-bond donors (Lipinski definition) is 0. The lowest BCUT2D eigenvalue weighted by Gasteiger charge is -2.03. The summed E-state index contributed by atoms with van der Waals surface area (Å²) in [6, 6.07) is 8.75. The third-order valence-corrected chi connectivity index (χ3v) is 5.22. The van der Waals surface area contributed by atoms with Gasteiger partial charge in [-0.25, -0.2) is 4.68 Å². The van der Waals surface area contributed by atoms with Crippen LogP contribution in [0.15, 0.2) is 35.8 Å². The van der Waals surface area contributed by atoms with Crippen molar-refractivity contribution in [2.24, 2.45) is 0 Å². The minimum Gasteiger partial charge on any atom is -0.248 e. The number of fused-ring (bicyclic) bond motifs is 1. The summed E-state index contributed by atoms with van der Waals surface area (Å²) in [5.74, 6) is 0. The normalized spacial score (nSPS) is 12.9. The van der Waals surface area contributed by atoms with Crippen LogP contribution in [-0.4, -0.2) is 26.5 Å². The Morgan fingerprint density at radius 1 is 1.35 bits per heavy atom. The summed E-state index contributed by atoms with van der Waals surface area (Å²) >= 11 is 3.64. The van der Waals surface area contributed by atoms with Crippen molar-refractivity contribution >= 4 is 33.2 Å². The first kappa shape index (κ1) is 13.6. The lowest BCUT2D eigenvalue weighted by molar-refractivity contribution is 0.649. The van der Waals surface area contributed by atoms with Gasteiger partial charge in [0.1, 0.15) is 0 Å². The summed E-state index contributed by atoms with van der Waals surface area (Å²) < 4.78 is 3.26. The number of hydrogen-bond acceptors (Lipinski definition) is 4. The minimum atomic E-state index is 0.585. The van der Waals surface area contributed by atoms with E-state index in [1.807, 2.05) is 16.4 Å². The molecular formula is C15H17N3S2. The summed E-state index contributed by atoms with van der Waals surface area (Å²) in [5, 5.41) is 12.5. The molecule has 0 amide bonds. The Labute approximate surface area is 127 Å². The van der Waals surface area contributed by atoms with Gasteiger partial charge in [-0.05, 0) is 40.8 Å². The van der Waals surface area contributed by atoms with E-state index in [2.05, 4.69) is 59.3 Å². The van der Waals surface area contributed by atoms with Crippen molar-refractivity contribution in [1.29, 1.82) is 0 Å². The summed E-state index contributed by atoms with van der Waals surface area (Å²) in [6.45, 7) is 3.00. The first-order valence-corrected chi connectivity index (χ1v) is 8.79. The molecule has 0 spiro atoms. The highest BCUT2D eigenvalue weighted by Gasteiger charge is 2.06. The van der Waals surface area contributed by atoms with Gasteiger partial charge in [0.05, 0.1) is 12.2 Å². The molecule has 0 aliphatic heterocycles. The fraction of sp³-hybridized carbons (Fsp3) is 0.333. The highest BCUT2D eigenvalue weighted by Crippen LogP contribution is 2.22. The topological polar surface area (TPSA) is 30.7 Å². The van der Waals surface area contributed by atoms with Crippen LogP contribution in [0.4, 0.5) is 0 Å². The van der Waals surface area contributed by atoms with Crippen LogP contribution in [0.3, 0.4) is 0 Å². The molecule has 0 aliphatic rings. The van der Waals surface area contributed by atoms with Gasteiger partial charge in [-0.2, -0.15) is 11.8 Å². The Hall–Kier alpha value is -1.33. The van der Waals surface area contributed by atoms with Crippen molar-refractivity contribution in [3.63, 3.8) is 0 Å². The molecule has 0 fully saturated rings. The van der Waals surface area contributed by atoms with E-state index in [0.29, 0.717) is 5.25 Å². The van der Waals surface area contributed by atoms with Crippen molar-refractivity contribution in [2.45, 2.75) is 25.1 Å². The standard InChI is InChI=1S/C15H17N3S2/c1-11(19-2)7-14-10-18(17-16-14)9-12-3-4-15-13(8-12)5-6-20-15/h3-6,8,10-11H,7,9H2,1-2H3. The summed E-state index contributed by atoms with van der Waals surface area (Å²) in [7, 11) is 0. The number of rotatable bonds is 5. The van der Waals surface area contributed by atoms with Crippen LogP contribution < -0.4 is 0 Å². The number of thiophene rings is 1. The molecule has 5 heteroatoms. The SMILES string of the molecule is CSC(C)Cc1cn(Cc2ccc3sccc3c2)nn1. The third kappa shape index (κ3) is 3.04. The van der Waals surface area contributed by atoms with E-state index in [4.69, 9.17) is 0 Å². The maximum atomic E-state index is 4.25. The summed E-state index contributed by atoms with van der Waals surface area (Å²) in [5.41, 5.74) is 2.34. The molecule has 0 radical (unpaired) electrons. The molecule has 104 valence electrons. The second-order valence-electron chi connectivity index (χ2n) is 4.95. The van der Waals surface area contributed by atoms with Crippen LogP contribution in [0.2, 0.25) is 0 Å². The van der Waals surface area contributed by atoms with Gasteiger partial charge >= 0.3 is 0 Å². The maximum absolute atomic E-state index is 4.25. The highest BCUT2D eigenvalue weighted by molar-refractivity contribution is 7.99. The van der Waals surface area contributed by atoms with E-state index < -0.39 is 0 Å². The Morgan fingerprint density at radius 2 is 2.25 bits per heavy atom. The van der Waals surface area contributed by atoms with Crippen molar-refractivity contribution < 1.29 is 0 Å². The molecule has 20 heavy (non-hydrogen) atoms. The largest absolute Gasteiger partial charge is 0.248 e. The lowest BCUT2D eigenvalue weighted by Crippen LogP contribution is -2.01. The van der Waals surface area contributed by atoms with Crippen LogP contribution in [0.5, 0.6) is 0 Å². The van der Waals surface area contributed by atoms with E-state index in [1.54, 1.807) is 11.3 Å². The number of thioether (sulfide) groups is 1. The zero-order valence-corrected chi connectivity index (χ0v) is 13.2. The van der Waals surface area contributed by atoms with Gasteiger partial charge in [0.15, 0.2) is 0 Å². The molecular weight excluding hydrogens is 286 g/mol. The number of nitrogens with zero attached hydrogens (tertiary/aromatic N) is 3. The average molecular weight is 303 g/mol. The quantitative estimate of drug-likeness (QED) is 0.717. The Balaban J connectivity index is 1.73. The van der Waals surface area contributed by atoms with E-state index in [-0.39, 0.29) is 0 Å². The second kappa shape index (κ2) is 5.97. The Bertz CT molecular complexity index is 702. The smallest absolute Gasteiger partial charge is 0.0838 e. The van der Waals surface area contributed by atoms with Crippen LogP contribution in [0.25, 0.3) is 10.1 Å². The lowest BCUT2D eigenvalue weighted by atomic mass is 10.2. The van der Waals surface area contributed by atoms with Crippen LogP contribution in [-0.2, 0) is 13.0 Å². The highest BCUT2D eigenvalue weighted by atomic mass is 32.2. The number of aromatic nitrogens is 3. The van der Waals surface area contributed by atoms with Gasteiger partial charge in [0.2, 0.25) is 0 Å². The Kier molecular flexibility index (Phi) is 4.08. The number of benzene rings is 1. The van der Waals surface area contributed by atoms with Gasteiger partial charge in [-0.15, -0.1) is 16.4 Å². The van der Waals surface area contributed by atoms with Crippen LogP contribution >= 0.6 is 23.1 Å². The average Bonchev–Trinajstić information content (AvgIpc) is 3.07. The van der Waals surface area contributed by atoms with Gasteiger partial charge in [0, 0.05) is 22.6 Å². The third-order valence-electron chi connectivity index (χ3n) is 3.35. The molecule has 1 atom stereocenters. The monoisotopic (exact) mass is 303 g/mol. The van der Waals surface area contributed by atoms with E-state index in [9.17, 15) is 0 Å². The predicted octanol–water partition coefficient (Wildman–Crippen LogP) is 3.84. The van der Waals surface area contributed by atoms with Gasteiger partial charge in [-0.1, -0.05) is 18.2 Å². The molecule has 3 nitrogen and oxygen atoms in total. The van der Waals surface area contributed by atoms with Crippen molar-refractivity contribution in [3.05, 3.63) is 47.1 Å². The fourth-order valence-corrected chi connectivity index (χ4v) is 3.30. The van der Waals surface area contributed by atoms with Crippen molar-refractivity contribution in [2.75, 3.05) is 6.26 Å². The molecule has 3 aromatic rings. The first-order valence-electron chi connectivity index (χ1n) is 6.62. The predicted molar refractivity (Wildman–Crippen MR) is 87.6 cm³/mol. The summed E-state index contributed by atoms with van der Waals surface area (Å²) in [4.78, 5) is 0. The first-order chi connectivity index (χ1) is 9.74. The minimum absolute atomic E-state index is 0.585. The zero-order chi connectivity index (χ0) is 13.9. The van der Waals surface area contributed by atoms with Gasteiger partial charge in [0.25, 0.3) is 0 Å². The molecule has 3 rings (SSSR count). The van der Waals surface area contributed by atoms with Crippen LogP contribution in [0, 0.1) is 0 Å². The molecule has 0 saturated carbocycles. The molecule has 2 heterocycles. The zero-order valence-electron chi connectivity index (χ0n) is 11.6. The van der Waals surface area contributed by atoms with E-state index in [0.717, 1.165) is 18.7 Å². The maximum Gasteiger partial charge on any atom is 0.0838 e. The molecule has 0 bridgehead atoms. The molecule has 0 N–H and O–H groups in total. The Morgan fingerprint density at radius 3 is 3.10 bits per heavy atom. The van der Waals surface area contributed by atoms with E-state index >= 15 is 0 Å². The van der Waals surface area contributed by atoms with Crippen molar-refractivity contribution in [3.8, 4) is 0 Å². The molecule has 0 saturated heterocycles. The fourth-order valence-electron chi connectivity index (χ4n) is 2.19. The second-order valence-corrected chi connectivity index (χ2v) is 7.17. The van der Waals surface area contributed by atoms with Crippen molar-refractivity contribution in [1.82, 2.24) is 15.0 Å². The summed E-state index contributed by atoms with van der Waals surface area (Å²) in [6.07, 6.45) is 5.17. The molecule has 1 unspecified atom stereocenters. The van der Waals surface area contributed by atoms with Gasteiger partial charge < -0.3 is 0 Å². The molecule has 0 aliphatic carbocycles. The van der Waals surface area contributed by atoms with E-state index in [1.165, 1.54) is 15.6 Å². The van der Waals surface area contributed by atoms with Crippen LogP contribution in [0.1, 0.15) is 18.2 Å². The molecule has 1 aromatic carbocycles.